The summed E-state index contributed by atoms with van der Waals surface area (Å²) in [6.45, 7) is 6.86. The molecule has 0 saturated carbocycles. The van der Waals surface area contributed by atoms with Crippen molar-refractivity contribution in [2.24, 2.45) is 10.8 Å². The third kappa shape index (κ3) is 4.00. The molecule has 0 aromatic heterocycles. The molecule has 1 aromatic rings. The van der Waals surface area contributed by atoms with Crippen molar-refractivity contribution in [2.75, 3.05) is 6.54 Å². The Bertz CT molecular complexity index is 406. The van der Waals surface area contributed by atoms with Gasteiger partial charge >= 0.3 is 0 Å². The Hall–Kier alpha value is -1.62. The molecule has 0 aliphatic carbocycles. The fourth-order valence-electron chi connectivity index (χ4n) is 1.69. The van der Waals surface area contributed by atoms with Crippen molar-refractivity contribution >= 4 is 5.96 Å². The van der Waals surface area contributed by atoms with Crippen molar-refractivity contribution < 1.29 is 4.39 Å². The smallest absolute Gasteiger partial charge is 0.206 e. The van der Waals surface area contributed by atoms with Gasteiger partial charge in [-0.25, -0.2) is 15.2 Å². The molecular weight excluding hydrogens is 231 g/mol. The normalized spacial score (nSPS) is 11.5. The molecular formula is C13H21FN4. The van der Waals surface area contributed by atoms with Gasteiger partial charge in [-0.3, -0.25) is 5.43 Å². The fraction of sp³-hybridized carbons (Fsp3) is 0.462. The van der Waals surface area contributed by atoms with Gasteiger partial charge < -0.3 is 5.32 Å². The molecule has 4 nitrogen and oxygen atoms in total. The second kappa shape index (κ2) is 6.96. The van der Waals surface area contributed by atoms with E-state index in [2.05, 4.69) is 22.7 Å². The fourth-order valence-corrected chi connectivity index (χ4v) is 1.69. The van der Waals surface area contributed by atoms with Crippen LogP contribution in [0.2, 0.25) is 0 Å². The Balaban J connectivity index is 2.75. The topological polar surface area (TPSA) is 62.4 Å². The first-order chi connectivity index (χ1) is 8.58. The minimum absolute atomic E-state index is 0.149. The number of nitrogens with zero attached hydrogens (tertiary/aromatic N) is 1. The molecule has 4 N–H and O–H groups in total. The van der Waals surface area contributed by atoms with Crippen molar-refractivity contribution in [3.8, 4) is 0 Å². The van der Waals surface area contributed by atoms with E-state index in [0.717, 1.165) is 18.5 Å². The predicted octanol–water partition coefficient (Wildman–Crippen LogP) is 1.76. The van der Waals surface area contributed by atoms with Crippen LogP contribution in [0.3, 0.4) is 0 Å². The zero-order chi connectivity index (χ0) is 13.5. The monoisotopic (exact) mass is 252 g/mol. The summed E-state index contributed by atoms with van der Waals surface area (Å²) in [5.74, 6) is 5.76. The highest BCUT2D eigenvalue weighted by molar-refractivity contribution is 5.79. The third-order valence-electron chi connectivity index (χ3n) is 2.60. The van der Waals surface area contributed by atoms with Gasteiger partial charge in [0, 0.05) is 6.54 Å². The minimum atomic E-state index is -0.149. The average Bonchev–Trinajstić information content (AvgIpc) is 2.36. The van der Waals surface area contributed by atoms with Gasteiger partial charge in [-0.2, -0.15) is 0 Å². The zero-order valence-electron chi connectivity index (χ0n) is 11.2. The van der Waals surface area contributed by atoms with Crippen LogP contribution in [-0.2, 0) is 6.54 Å². The summed E-state index contributed by atoms with van der Waals surface area (Å²) in [4.78, 5) is 4.31. The van der Waals surface area contributed by atoms with E-state index in [1.165, 1.54) is 0 Å². The average molecular weight is 252 g/mol. The number of aryl methyl sites for hydroxylation is 2. The summed E-state index contributed by atoms with van der Waals surface area (Å²) in [5.41, 5.74) is 4.77. The lowest BCUT2D eigenvalue weighted by Crippen LogP contribution is -2.41. The van der Waals surface area contributed by atoms with Gasteiger partial charge in [0.1, 0.15) is 5.82 Å². The van der Waals surface area contributed by atoms with Crippen molar-refractivity contribution in [3.05, 3.63) is 34.6 Å². The van der Waals surface area contributed by atoms with Crippen LogP contribution in [0.4, 0.5) is 4.39 Å². The van der Waals surface area contributed by atoms with Crippen LogP contribution in [0.1, 0.15) is 30.0 Å². The number of hydrogen-bond acceptors (Lipinski definition) is 2. The van der Waals surface area contributed by atoms with Gasteiger partial charge in [0.2, 0.25) is 5.96 Å². The molecule has 0 aliphatic rings. The SMILES string of the molecule is CCCNC(=NCc1cc(C)c(F)c(C)c1)NN. The quantitative estimate of drug-likeness (QED) is 0.331. The molecule has 0 aliphatic heterocycles. The maximum Gasteiger partial charge on any atom is 0.206 e. The van der Waals surface area contributed by atoms with Gasteiger partial charge in [0.05, 0.1) is 6.54 Å². The van der Waals surface area contributed by atoms with E-state index >= 15 is 0 Å². The van der Waals surface area contributed by atoms with Crippen molar-refractivity contribution in [3.63, 3.8) is 0 Å². The molecule has 0 atom stereocenters. The Kier molecular flexibility index (Phi) is 5.58. The summed E-state index contributed by atoms with van der Waals surface area (Å²) in [6, 6.07) is 3.61. The second-order valence-electron chi connectivity index (χ2n) is 4.28. The molecule has 0 fully saturated rings. The van der Waals surface area contributed by atoms with Gasteiger partial charge in [-0.15, -0.1) is 0 Å². The first-order valence-electron chi connectivity index (χ1n) is 6.09. The maximum atomic E-state index is 13.5. The minimum Gasteiger partial charge on any atom is -0.355 e. The van der Waals surface area contributed by atoms with E-state index in [1.807, 2.05) is 0 Å². The molecule has 0 saturated heterocycles. The van der Waals surface area contributed by atoms with E-state index in [9.17, 15) is 4.39 Å². The van der Waals surface area contributed by atoms with E-state index in [-0.39, 0.29) is 5.82 Å². The van der Waals surface area contributed by atoms with Gasteiger partial charge in [0.15, 0.2) is 0 Å². The first-order valence-corrected chi connectivity index (χ1v) is 6.09. The zero-order valence-corrected chi connectivity index (χ0v) is 11.2. The molecule has 1 aromatic carbocycles. The summed E-state index contributed by atoms with van der Waals surface area (Å²) in [5, 5.41) is 3.07. The molecule has 0 spiro atoms. The molecule has 0 radical (unpaired) electrons. The van der Waals surface area contributed by atoms with Gasteiger partial charge in [-0.05, 0) is 37.0 Å². The number of hydrazine groups is 1. The summed E-state index contributed by atoms with van der Waals surface area (Å²) in [7, 11) is 0. The number of guanidine groups is 1. The number of halogens is 1. The Morgan fingerprint density at radius 3 is 2.44 bits per heavy atom. The highest BCUT2D eigenvalue weighted by atomic mass is 19.1. The molecule has 0 heterocycles. The molecule has 1 rings (SSSR count). The van der Waals surface area contributed by atoms with Crippen LogP contribution < -0.4 is 16.6 Å². The number of benzene rings is 1. The van der Waals surface area contributed by atoms with E-state index in [0.29, 0.717) is 23.6 Å². The van der Waals surface area contributed by atoms with Gasteiger partial charge in [-0.1, -0.05) is 19.1 Å². The van der Waals surface area contributed by atoms with Crippen molar-refractivity contribution in [1.82, 2.24) is 10.7 Å². The predicted molar refractivity (Wildman–Crippen MR) is 72.6 cm³/mol. The number of nitrogens with two attached hydrogens (primary N) is 1. The van der Waals surface area contributed by atoms with Crippen LogP contribution in [0.15, 0.2) is 17.1 Å². The second-order valence-corrected chi connectivity index (χ2v) is 4.28. The highest BCUT2D eigenvalue weighted by Gasteiger charge is 2.04. The van der Waals surface area contributed by atoms with E-state index in [4.69, 9.17) is 5.84 Å². The molecule has 18 heavy (non-hydrogen) atoms. The Morgan fingerprint density at radius 1 is 1.33 bits per heavy atom. The lowest BCUT2D eigenvalue weighted by molar-refractivity contribution is 0.608. The summed E-state index contributed by atoms with van der Waals surface area (Å²) < 4.78 is 13.5. The Labute approximate surface area is 107 Å². The van der Waals surface area contributed by atoms with Crippen LogP contribution >= 0.6 is 0 Å². The first kappa shape index (κ1) is 14.4. The molecule has 0 unspecified atom stereocenters. The van der Waals surface area contributed by atoms with Crippen molar-refractivity contribution in [1.29, 1.82) is 0 Å². The Morgan fingerprint density at radius 2 is 1.94 bits per heavy atom. The largest absolute Gasteiger partial charge is 0.355 e. The summed E-state index contributed by atoms with van der Waals surface area (Å²) >= 11 is 0. The number of hydrogen-bond donors (Lipinski definition) is 3. The lowest BCUT2D eigenvalue weighted by atomic mass is 10.1. The van der Waals surface area contributed by atoms with E-state index in [1.54, 1.807) is 26.0 Å². The summed E-state index contributed by atoms with van der Waals surface area (Å²) in [6.07, 6.45) is 0.996. The molecule has 0 amide bonds. The molecule has 100 valence electrons. The van der Waals surface area contributed by atoms with Crippen LogP contribution in [0.5, 0.6) is 0 Å². The number of rotatable bonds is 4. The number of nitrogens with one attached hydrogen (secondary N) is 2. The maximum absolute atomic E-state index is 13.5. The number of aliphatic imine (C=N–C) groups is 1. The van der Waals surface area contributed by atoms with Gasteiger partial charge in [0.25, 0.3) is 0 Å². The molecule has 0 bridgehead atoms. The van der Waals surface area contributed by atoms with Crippen LogP contribution in [0, 0.1) is 19.7 Å². The standard InChI is InChI=1S/C13H21FN4/c1-4-5-16-13(18-15)17-8-11-6-9(2)12(14)10(3)7-11/h6-7H,4-5,8,15H2,1-3H3,(H2,16,17,18). The van der Waals surface area contributed by atoms with Crippen LogP contribution in [0.25, 0.3) is 0 Å². The van der Waals surface area contributed by atoms with Crippen molar-refractivity contribution in [2.45, 2.75) is 33.7 Å². The lowest BCUT2D eigenvalue weighted by Gasteiger charge is -2.09. The highest BCUT2D eigenvalue weighted by Crippen LogP contribution is 2.15. The molecule has 5 heteroatoms. The van der Waals surface area contributed by atoms with Crippen LogP contribution in [-0.4, -0.2) is 12.5 Å². The van der Waals surface area contributed by atoms with E-state index < -0.39 is 0 Å². The third-order valence-corrected chi connectivity index (χ3v) is 2.60.